The molecule has 2 rings (SSSR count). The molecule has 0 spiro atoms. The Morgan fingerprint density at radius 1 is 0.824 bits per heavy atom. The largest absolute Gasteiger partial charge is 2.00 e. The Bertz CT molecular complexity index is 412. The van der Waals surface area contributed by atoms with Crippen molar-refractivity contribution in [1.29, 1.82) is 0 Å². The summed E-state index contributed by atoms with van der Waals surface area (Å²) in [4.78, 5) is 21.7. The molecular formula is C14H14FeO2+2. The maximum absolute atomic E-state index is 10.8. The van der Waals surface area contributed by atoms with Crippen LogP contribution in [0.2, 0.25) is 0 Å². The van der Waals surface area contributed by atoms with Crippen LogP contribution in [-0.2, 0) is 26.7 Å². The SMILES string of the molecule is [2H][C]1[C]([2H])[C]([2H])[C](C(C)=O)[C]1[2H].[2H][C]1[C]([2H])[C]([2H])[C](C(C)=O)[C]1[2H].[Fe+2]. The molecule has 3 heteroatoms. The first-order valence-electron chi connectivity index (χ1n) is 8.41. The predicted molar refractivity (Wildman–Crippen MR) is 62.2 cm³/mol. The van der Waals surface area contributed by atoms with Crippen molar-refractivity contribution in [1.82, 2.24) is 0 Å². The van der Waals surface area contributed by atoms with Gasteiger partial charge in [0, 0.05) is 22.8 Å². The van der Waals surface area contributed by atoms with Crippen LogP contribution in [0, 0.1) is 63.0 Å². The van der Waals surface area contributed by atoms with Crippen LogP contribution in [0.5, 0.6) is 0 Å². The third-order valence-electron chi connectivity index (χ3n) is 1.58. The summed E-state index contributed by atoms with van der Waals surface area (Å²) < 4.78 is 57.6. The summed E-state index contributed by atoms with van der Waals surface area (Å²) in [6, 6.07) is 0. The molecule has 0 atom stereocenters. The van der Waals surface area contributed by atoms with Crippen LogP contribution in [0.15, 0.2) is 0 Å². The third-order valence-corrected chi connectivity index (χ3v) is 1.58. The fraction of sp³-hybridized carbons (Fsp3) is 0.143. The van der Waals surface area contributed by atoms with Gasteiger partial charge in [-0.3, -0.25) is 9.59 Å². The van der Waals surface area contributed by atoms with Crippen LogP contribution < -0.4 is 0 Å². The molecule has 0 saturated heterocycles. The molecule has 0 bridgehead atoms. The van der Waals surface area contributed by atoms with E-state index in [4.69, 9.17) is 11.0 Å². The Kier molecular flexibility index (Phi) is 3.89. The van der Waals surface area contributed by atoms with Crippen molar-refractivity contribution >= 4 is 11.6 Å². The van der Waals surface area contributed by atoms with Gasteiger partial charge in [0.25, 0.3) is 0 Å². The van der Waals surface area contributed by atoms with Crippen LogP contribution >= 0.6 is 0 Å². The minimum atomic E-state index is -0.433. The standard InChI is InChI=1S/2C7H7O.Fe/c2*1-6(8)7-4-2-3-5-7;/h2*2-5H,1H3;/q;;+2/i2*2D,3D,4D,5D;. The average molecular weight is 278 g/mol. The Morgan fingerprint density at radius 3 is 1.18 bits per heavy atom. The molecule has 0 unspecified atom stereocenters. The molecule has 2 nitrogen and oxygen atoms in total. The van der Waals surface area contributed by atoms with E-state index in [9.17, 15) is 9.59 Å². The summed E-state index contributed by atoms with van der Waals surface area (Å²) in [7, 11) is 0. The number of ketones is 2. The number of hydrogen-bond donors (Lipinski definition) is 0. The van der Waals surface area contributed by atoms with Gasteiger partial charge in [-0.1, -0.05) is 0 Å². The first-order chi connectivity index (χ1) is 10.9. The van der Waals surface area contributed by atoms with E-state index in [2.05, 4.69) is 0 Å². The number of Topliss-reactive ketones (excluding diaryl/α,β-unsaturated/α-hetero) is 2. The smallest absolute Gasteiger partial charge is 0.299 e. The summed E-state index contributed by atoms with van der Waals surface area (Å²) in [5.74, 6) is -1.11. The number of hydrogen-bond acceptors (Lipinski definition) is 2. The fourth-order valence-electron chi connectivity index (χ4n) is 0.790. The molecule has 2 aliphatic carbocycles. The van der Waals surface area contributed by atoms with Crippen LogP contribution in [0.3, 0.4) is 0 Å². The zero-order valence-corrected chi connectivity index (χ0v) is 10.3. The van der Waals surface area contributed by atoms with Crippen LogP contribution in [-0.4, -0.2) is 11.6 Å². The van der Waals surface area contributed by atoms with Crippen LogP contribution in [0.25, 0.3) is 0 Å². The van der Waals surface area contributed by atoms with E-state index in [1.54, 1.807) is 0 Å². The number of rotatable bonds is 2. The second kappa shape index (κ2) is 8.88. The van der Waals surface area contributed by atoms with Gasteiger partial charge in [-0.2, -0.15) is 0 Å². The van der Waals surface area contributed by atoms with Gasteiger partial charge in [-0.15, -0.1) is 0 Å². The van der Waals surface area contributed by atoms with E-state index in [0.717, 1.165) is 0 Å². The molecule has 2 fully saturated rings. The quantitative estimate of drug-likeness (QED) is 0.724. The van der Waals surface area contributed by atoms with E-state index >= 15 is 0 Å². The van der Waals surface area contributed by atoms with Gasteiger partial charge in [-0.25, -0.2) is 0 Å². The van der Waals surface area contributed by atoms with Crippen molar-refractivity contribution in [2.24, 2.45) is 0 Å². The van der Waals surface area contributed by atoms with Crippen molar-refractivity contribution < 1.29 is 37.6 Å². The van der Waals surface area contributed by atoms with E-state index in [0.29, 0.717) is 0 Å². The molecule has 0 heterocycles. The molecule has 17 heavy (non-hydrogen) atoms. The average Bonchev–Trinajstić information content (AvgIpc) is 2.80. The van der Waals surface area contributed by atoms with Crippen LogP contribution in [0.1, 0.15) is 24.8 Å². The van der Waals surface area contributed by atoms with Crippen molar-refractivity contribution in [3.63, 3.8) is 0 Å². The van der Waals surface area contributed by atoms with Crippen molar-refractivity contribution in [3.8, 4) is 0 Å². The second-order valence-corrected chi connectivity index (χ2v) is 2.86. The Morgan fingerprint density at radius 2 is 1.06 bits per heavy atom. The zero-order valence-electron chi connectivity index (χ0n) is 17.2. The minimum absolute atomic E-state index is 0. The van der Waals surface area contributed by atoms with Gasteiger partial charge in [0.15, 0.2) is 0 Å². The molecule has 2 saturated carbocycles. The molecule has 0 aromatic carbocycles. The fourth-order valence-corrected chi connectivity index (χ4v) is 0.790. The molecule has 0 N–H and O–H groups in total. The monoisotopic (exact) mass is 278 g/mol. The summed E-state index contributed by atoms with van der Waals surface area (Å²) in [5, 5.41) is 0. The van der Waals surface area contributed by atoms with Crippen LogP contribution in [0.4, 0.5) is 0 Å². The number of carbonyl (C=O) groups is 2. The summed E-state index contributed by atoms with van der Waals surface area (Å²) >= 11 is 0. The normalized spacial score (nSPS) is 36.4. The molecule has 10 radical (unpaired) electrons. The zero-order chi connectivity index (χ0) is 18.9. The second-order valence-electron chi connectivity index (χ2n) is 2.86. The third kappa shape index (κ3) is 6.38. The van der Waals surface area contributed by atoms with E-state index in [1.165, 1.54) is 13.8 Å². The Labute approximate surface area is 127 Å². The molecular weight excluding hydrogens is 256 g/mol. The van der Waals surface area contributed by atoms with Gasteiger partial charge in [-0.05, 0) is 65.0 Å². The Balaban J connectivity index is 0.000000443. The van der Waals surface area contributed by atoms with E-state index in [-0.39, 0.29) is 80.1 Å². The molecule has 0 aliphatic heterocycles. The first kappa shape index (κ1) is 7.45. The van der Waals surface area contributed by atoms with Gasteiger partial charge < -0.3 is 0 Å². The van der Waals surface area contributed by atoms with E-state index in [1.807, 2.05) is 0 Å². The summed E-state index contributed by atoms with van der Waals surface area (Å²) in [6.45, 7) is 2.45. The number of carbonyl (C=O) groups excluding carboxylic acids is 2. The summed E-state index contributed by atoms with van der Waals surface area (Å²) in [5.41, 5.74) is 0. The Hall–Kier alpha value is -0.141. The van der Waals surface area contributed by atoms with Gasteiger partial charge >= 0.3 is 17.1 Å². The molecule has 0 aromatic rings. The van der Waals surface area contributed by atoms with Gasteiger partial charge in [0.1, 0.15) is 11.6 Å². The van der Waals surface area contributed by atoms with Crippen molar-refractivity contribution in [2.75, 3.05) is 0 Å². The molecule has 0 amide bonds. The molecule has 2 aliphatic rings. The van der Waals surface area contributed by atoms with Gasteiger partial charge in [0.2, 0.25) is 0 Å². The topological polar surface area (TPSA) is 34.1 Å². The predicted octanol–water partition coefficient (Wildman–Crippen LogP) is 1.96. The van der Waals surface area contributed by atoms with Gasteiger partial charge in [0.05, 0.1) is 0 Å². The minimum Gasteiger partial charge on any atom is -0.299 e. The first-order valence-corrected chi connectivity index (χ1v) is 4.41. The summed E-state index contributed by atoms with van der Waals surface area (Å²) in [6.07, 6.45) is -2.60. The van der Waals surface area contributed by atoms with Crippen molar-refractivity contribution in [2.45, 2.75) is 13.8 Å². The maximum atomic E-state index is 10.8. The molecule has 0 aromatic heterocycles. The van der Waals surface area contributed by atoms with E-state index < -0.39 is 11.6 Å². The maximum Gasteiger partial charge on any atom is 2.00 e. The van der Waals surface area contributed by atoms with Crippen molar-refractivity contribution in [3.05, 3.63) is 63.0 Å². The molecule has 88 valence electrons.